The molecule has 1 rings (SSSR count). The van der Waals surface area contributed by atoms with E-state index in [1.165, 1.54) is 58.2 Å². The molecule has 1 aliphatic carbocycles. The summed E-state index contributed by atoms with van der Waals surface area (Å²) < 4.78 is 0. The second-order valence-corrected chi connectivity index (χ2v) is 6.41. The molecule has 0 aromatic rings. The molecule has 0 aromatic carbocycles. The maximum Gasteiger partial charge on any atom is 0.00528 e. The van der Waals surface area contributed by atoms with Gasteiger partial charge in [-0.15, -0.1) is 0 Å². The predicted octanol–water partition coefficient (Wildman–Crippen LogP) is 3.67. The van der Waals surface area contributed by atoms with Gasteiger partial charge in [0, 0.05) is 19.1 Å². The zero-order valence-electron chi connectivity index (χ0n) is 13.1. The van der Waals surface area contributed by atoms with Crippen molar-refractivity contribution in [1.29, 1.82) is 0 Å². The van der Waals surface area contributed by atoms with Crippen LogP contribution in [0.25, 0.3) is 0 Å². The molecule has 1 aliphatic rings. The average Bonchev–Trinajstić information content (AvgIpc) is 2.37. The van der Waals surface area contributed by atoms with Gasteiger partial charge in [-0.25, -0.2) is 0 Å². The molecule has 0 radical (unpaired) electrons. The lowest BCUT2D eigenvalue weighted by molar-refractivity contribution is 0.0839. The van der Waals surface area contributed by atoms with Crippen LogP contribution >= 0.6 is 0 Å². The Morgan fingerprint density at radius 3 is 2.28 bits per heavy atom. The first-order chi connectivity index (χ1) is 8.63. The van der Waals surface area contributed by atoms with Crippen molar-refractivity contribution in [3.63, 3.8) is 0 Å². The molecule has 0 spiro atoms. The van der Waals surface area contributed by atoms with Crippen LogP contribution in [0, 0.1) is 5.41 Å². The van der Waals surface area contributed by atoms with Crippen molar-refractivity contribution in [2.75, 3.05) is 26.2 Å². The van der Waals surface area contributed by atoms with Gasteiger partial charge in [-0.2, -0.15) is 0 Å². The molecule has 0 atom stereocenters. The van der Waals surface area contributed by atoms with E-state index in [-0.39, 0.29) is 0 Å². The summed E-state index contributed by atoms with van der Waals surface area (Å²) in [6, 6.07) is 0.686. The Morgan fingerprint density at radius 1 is 1.11 bits per heavy atom. The van der Waals surface area contributed by atoms with E-state index in [1.807, 2.05) is 0 Å². The molecule has 0 heterocycles. The van der Waals surface area contributed by atoms with Crippen LogP contribution in [0.1, 0.15) is 66.2 Å². The monoisotopic (exact) mass is 254 g/mol. The Labute approximate surface area is 115 Å². The van der Waals surface area contributed by atoms with Crippen molar-refractivity contribution >= 4 is 0 Å². The summed E-state index contributed by atoms with van der Waals surface area (Å²) in [4.78, 5) is 2.70. The molecule has 0 aromatic heterocycles. The molecule has 18 heavy (non-hydrogen) atoms. The van der Waals surface area contributed by atoms with Crippen LogP contribution in [0.15, 0.2) is 0 Å². The minimum absolute atomic E-state index is 0.549. The van der Waals surface area contributed by atoms with E-state index < -0.39 is 0 Å². The Bertz CT molecular complexity index is 207. The molecule has 1 saturated carbocycles. The molecular weight excluding hydrogens is 220 g/mol. The fourth-order valence-electron chi connectivity index (χ4n) is 3.32. The molecule has 0 saturated heterocycles. The third kappa shape index (κ3) is 4.89. The highest BCUT2D eigenvalue weighted by Crippen LogP contribution is 2.37. The summed E-state index contributed by atoms with van der Waals surface area (Å²) in [6.45, 7) is 14.1. The Balaban J connectivity index is 2.62. The highest BCUT2D eigenvalue weighted by molar-refractivity contribution is 4.88. The predicted molar refractivity (Wildman–Crippen MR) is 81.1 cm³/mol. The van der Waals surface area contributed by atoms with Gasteiger partial charge in [0.05, 0.1) is 0 Å². The minimum atomic E-state index is 0.549. The number of rotatable bonds is 8. The molecular formula is C16H34N2. The molecule has 0 unspecified atom stereocenters. The van der Waals surface area contributed by atoms with Crippen LogP contribution < -0.4 is 5.32 Å². The van der Waals surface area contributed by atoms with Gasteiger partial charge in [0.25, 0.3) is 0 Å². The van der Waals surface area contributed by atoms with Gasteiger partial charge in [-0.1, -0.05) is 33.1 Å². The van der Waals surface area contributed by atoms with Crippen molar-refractivity contribution in [3.05, 3.63) is 0 Å². The molecule has 0 bridgehead atoms. The largest absolute Gasteiger partial charge is 0.316 e. The number of nitrogens with zero attached hydrogens (tertiary/aromatic N) is 1. The van der Waals surface area contributed by atoms with Crippen LogP contribution in [0.2, 0.25) is 0 Å². The Morgan fingerprint density at radius 2 is 1.78 bits per heavy atom. The van der Waals surface area contributed by atoms with Crippen molar-refractivity contribution in [1.82, 2.24) is 10.2 Å². The van der Waals surface area contributed by atoms with Crippen LogP contribution in [-0.2, 0) is 0 Å². The lowest BCUT2D eigenvalue weighted by atomic mass is 9.73. The fourth-order valence-corrected chi connectivity index (χ4v) is 3.32. The lowest BCUT2D eigenvalue weighted by Crippen LogP contribution is -2.47. The van der Waals surface area contributed by atoms with Crippen molar-refractivity contribution in [3.8, 4) is 0 Å². The quantitative estimate of drug-likeness (QED) is 0.711. The first-order valence-electron chi connectivity index (χ1n) is 8.08. The summed E-state index contributed by atoms with van der Waals surface area (Å²) in [5, 5.41) is 3.62. The molecule has 2 nitrogen and oxygen atoms in total. The van der Waals surface area contributed by atoms with E-state index in [2.05, 4.69) is 37.9 Å². The minimum Gasteiger partial charge on any atom is -0.316 e. The number of hydrogen-bond donors (Lipinski definition) is 1. The zero-order chi connectivity index (χ0) is 13.4. The van der Waals surface area contributed by atoms with E-state index in [0.29, 0.717) is 11.5 Å². The standard InChI is InChI=1S/C16H34N2/c1-5-12-18(15(3)4)14-16(13-17-6-2)10-8-7-9-11-16/h15,17H,5-14H2,1-4H3. The van der Waals surface area contributed by atoms with Crippen LogP contribution in [0.3, 0.4) is 0 Å². The lowest BCUT2D eigenvalue weighted by Gasteiger charge is -2.43. The molecule has 0 amide bonds. The van der Waals surface area contributed by atoms with Crippen LogP contribution in [0.5, 0.6) is 0 Å². The maximum absolute atomic E-state index is 3.62. The van der Waals surface area contributed by atoms with Crippen molar-refractivity contribution in [2.45, 2.75) is 72.3 Å². The van der Waals surface area contributed by atoms with E-state index in [1.54, 1.807) is 0 Å². The number of hydrogen-bond acceptors (Lipinski definition) is 2. The van der Waals surface area contributed by atoms with Gasteiger partial charge in [-0.05, 0) is 51.6 Å². The highest BCUT2D eigenvalue weighted by atomic mass is 15.2. The average molecular weight is 254 g/mol. The van der Waals surface area contributed by atoms with E-state index >= 15 is 0 Å². The van der Waals surface area contributed by atoms with Gasteiger partial charge >= 0.3 is 0 Å². The second kappa shape index (κ2) is 8.16. The summed E-state index contributed by atoms with van der Waals surface area (Å²) in [5.41, 5.74) is 0.549. The highest BCUT2D eigenvalue weighted by Gasteiger charge is 2.33. The first kappa shape index (κ1) is 16.0. The zero-order valence-corrected chi connectivity index (χ0v) is 13.1. The summed E-state index contributed by atoms with van der Waals surface area (Å²) >= 11 is 0. The van der Waals surface area contributed by atoms with Gasteiger partial charge in [-0.3, -0.25) is 0 Å². The maximum atomic E-state index is 3.62. The normalized spacial score (nSPS) is 19.7. The first-order valence-corrected chi connectivity index (χ1v) is 8.08. The fraction of sp³-hybridized carbons (Fsp3) is 1.00. The molecule has 1 fully saturated rings. The van der Waals surface area contributed by atoms with E-state index in [4.69, 9.17) is 0 Å². The third-order valence-corrected chi connectivity index (χ3v) is 4.44. The SMILES string of the molecule is CCCN(CC1(CNCC)CCCCC1)C(C)C. The van der Waals surface area contributed by atoms with E-state index in [9.17, 15) is 0 Å². The van der Waals surface area contributed by atoms with Gasteiger partial charge in [0.2, 0.25) is 0 Å². The third-order valence-electron chi connectivity index (χ3n) is 4.44. The molecule has 108 valence electrons. The smallest absolute Gasteiger partial charge is 0.00528 e. The van der Waals surface area contributed by atoms with Crippen molar-refractivity contribution < 1.29 is 0 Å². The number of nitrogens with one attached hydrogen (secondary N) is 1. The van der Waals surface area contributed by atoms with Gasteiger partial charge in [0.15, 0.2) is 0 Å². The van der Waals surface area contributed by atoms with E-state index in [0.717, 1.165) is 6.54 Å². The van der Waals surface area contributed by atoms with Crippen molar-refractivity contribution in [2.24, 2.45) is 5.41 Å². The van der Waals surface area contributed by atoms with Gasteiger partial charge < -0.3 is 10.2 Å². The molecule has 2 heteroatoms. The topological polar surface area (TPSA) is 15.3 Å². The summed E-state index contributed by atoms with van der Waals surface area (Å²) in [5.74, 6) is 0. The van der Waals surface area contributed by atoms with Crippen LogP contribution in [0.4, 0.5) is 0 Å². The van der Waals surface area contributed by atoms with Crippen LogP contribution in [-0.4, -0.2) is 37.1 Å². The molecule has 1 N–H and O–H groups in total. The molecule has 0 aliphatic heterocycles. The second-order valence-electron chi connectivity index (χ2n) is 6.41. The Kier molecular flexibility index (Phi) is 7.25. The summed E-state index contributed by atoms with van der Waals surface area (Å²) in [7, 11) is 0. The Hall–Kier alpha value is -0.0800. The van der Waals surface area contributed by atoms with Gasteiger partial charge in [0.1, 0.15) is 0 Å². The summed E-state index contributed by atoms with van der Waals surface area (Å²) in [6.07, 6.45) is 8.44.